The summed E-state index contributed by atoms with van der Waals surface area (Å²) < 4.78 is 14.5. The fraction of sp³-hybridized carbons (Fsp3) is 0.619. The first-order valence-electron chi connectivity index (χ1n) is 10.1. The van der Waals surface area contributed by atoms with E-state index in [-0.39, 0.29) is 12.1 Å². The number of ether oxygens (including phenoxy) is 2. The predicted octanol–water partition coefficient (Wildman–Crippen LogP) is 5.55. The third-order valence-corrected chi connectivity index (χ3v) is 5.51. The summed E-state index contributed by atoms with van der Waals surface area (Å²) in [5.74, 6) is 0.864. The van der Waals surface area contributed by atoms with Gasteiger partial charge in [-0.05, 0) is 68.1 Å². The highest BCUT2D eigenvalue weighted by atomic mass is 79.9. The normalized spacial score (nSPS) is 15.8. The van der Waals surface area contributed by atoms with Crippen LogP contribution in [-0.2, 0) is 4.74 Å². The van der Waals surface area contributed by atoms with Crippen LogP contribution in [-0.4, -0.2) is 46.1 Å². The lowest BCUT2D eigenvalue weighted by atomic mass is 10.1. The Hall–Kier alpha value is -1.76. The van der Waals surface area contributed by atoms with Crippen molar-refractivity contribution in [3.63, 3.8) is 0 Å². The fourth-order valence-corrected chi connectivity index (χ4v) is 3.91. The molecule has 0 radical (unpaired) electrons. The Kier molecular flexibility index (Phi) is 6.53. The molecule has 154 valence electrons. The van der Waals surface area contributed by atoms with E-state index in [9.17, 15) is 4.79 Å². The molecule has 0 N–H and O–H groups in total. The number of aromatic nitrogens is 2. The number of hydrogen-bond donors (Lipinski definition) is 0. The number of likely N-dealkylation sites (tertiary alicyclic amines) is 1. The maximum absolute atomic E-state index is 12.3. The van der Waals surface area contributed by atoms with Crippen molar-refractivity contribution >= 4 is 32.9 Å². The summed E-state index contributed by atoms with van der Waals surface area (Å²) in [5, 5.41) is 5.69. The highest BCUT2D eigenvalue weighted by Gasteiger charge is 2.28. The largest absolute Gasteiger partial charge is 0.492 e. The van der Waals surface area contributed by atoms with Crippen molar-refractivity contribution in [3.8, 4) is 5.75 Å². The molecule has 1 aromatic carbocycles. The number of piperidine rings is 1. The van der Waals surface area contributed by atoms with Crippen molar-refractivity contribution in [2.75, 3.05) is 19.7 Å². The minimum Gasteiger partial charge on any atom is -0.492 e. The summed E-state index contributed by atoms with van der Waals surface area (Å²) in [6, 6.07) is 4.37. The van der Waals surface area contributed by atoms with Crippen LogP contribution in [0.4, 0.5) is 4.79 Å². The highest BCUT2D eigenvalue weighted by Crippen LogP contribution is 2.36. The van der Waals surface area contributed by atoms with Crippen LogP contribution >= 0.6 is 15.9 Å². The number of amides is 1. The van der Waals surface area contributed by atoms with Crippen LogP contribution in [0.15, 0.2) is 22.8 Å². The molecule has 0 aliphatic carbocycles. The maximum Gasteiger partial charge on any atom is 0.410 e. The van der Waals surface area contributed by atoms with Crippen molar-refractivity contribution in [2.24, 2.45) is 0 Å². The van der Waals surface area contributed by atoms with E-state index in [1.807, 2.05) is 33.0 Å². The van der Waals surface area contributed by atoms with Crippen LogP contribution in [0, 0.1) is 0 Å². The van der Waals surface area contributed by atoms with E-state index in [0.29, 0.717) is 19.7 Å². The summed E-state index contributed by atoms with van der Waals surface area (Å²) in [5.41, 5.74) is 0.610. The lowest BCUT2D eigenvalue weighted by Crippen LogP contribution is -2.42. The predicted molar refractivity (Wildman–Crippen MR) is 114 cm³/mol. The van der Waals surface area contributed by atoms with Gasteiger partial charge in [-0.3, -0.25) is 4.68 Å². The first kappa shape index (κ1) is 21.0. The van der Waals surface area contributed by atoms with Gasteiger partial charge in [-0.1, -0.05) is 13.3 Å². The molecule has 3 rings (SSSR count). The Morgan fingerprint density at radius 1 is 1.29 bits per heavy atom. The average molecular weight is 452 g/mol. The van der Waals surface area contributed by atoms with E-state index in [2.05, 4.69) is 38.7 Å². The third kappa shape index (κ3) is 4.80. The van der Waals surface area contributed by atoms with E-state index >= 15 is 0 Å². The summed E-state index contributed by atoms with van der Waals surface area (Å²) in [6.45, 7) is 9.90. The van der Waals surface area contributed by atoms with Crippen LogP contribution < -0.4 is 4.74 Å². The van der Waals surface area contributed by atoms with Gasteiger partial charge in [0.1, 0.15) is 11.4 Å². The molecule has 2 heterocycles. The summed E-state index contributed by atoms with van der Waals surface area (Å²) in [7, 11) is 0. The molecule has 0 bridgehead atoms. The minimum absolute atomic E-state index is 0.230. The van der Waals surface area contributed by atoms with Crippen molar-refractivity contribution in [1.82, 2.24) is 14.7 Å². The van der Waals surface area contributed by atoms with E-state index in [0.717, 1.165) is 46.8 Å². The van der Waals surface area contributed by atoms with E-state index in [4.69, 9.17) is 9.47 Å². The molecule has 0 unspecified atom stereocenters. The summed E-state index contributed by atoms with van der Waals surface area (Å²) in [4.78, 5) is 14.1. The number of carbonyl (C=O) groups excluding carboxylic acids is 1. The molecule has 1 aliphatic rings. The zero-order valence-electron chi connectivity index (χ0n) is 17.2. The van der Waals surface area contributed by atoms with Gasteiger partial charge in [0, 0.05) is 13.1 Å². The summed E-state index contributed by atoms with van der Waals surface area (Å²) >= 11 is 3.60. The first-order chi connectivity index (χ1) is 13.3. The van der Waals surface area contributed by atoms with Crippen molar-refractivity contribution in [3.05, 3.63) is 22.8 Å². The van der Waals surface area contributed by atoms with Gasteiger partial charge in [-0.2, -0.15) is 5.10 Å². The molecule has 1 amide bonds. The highest BCUT2D eigenvalue weighted by molar-refractivity contribution is 9.10. The Bertz CT molecular complexity index is 820. The van der Waals surface area contributed by atoms with Crippen molar-refractivity contribution < 1.29 is 14.3 Å². The smallest absolute Gasteiger partial charge is 0.410 e. The zero-order valence-corrected chi connectivity index (χ0v) is 18.8. The fourth-order valence-electron chi connectivity index (χ4n) is 3.44. The lowest BCUT2D eigenvalue weighted by molar-refractivity contribution is 0.0186. The van der Waals surface area contributed by atoms with E-state index in [1.165, 1.54) is 0 Å². The molecule has 1 aliphatic heterocycles. The van der Waals surface area contributed by atoms with Crippen LogP contribution in [0.2, 0.25) is 0 Å². The van der Waals surface area contributed by atoms with Gasteiger partial charge in [0.2, 0.25) is 0 Å². The second-order valence-electron chi connectivity index (χ2n) is 8.30. The number of unbranched alkanes of at least 4 members (excludes halogenated alkanes) is 1. The quantitative estimate of drug-likeness (QED) is 0.559. The van der Waals surface area contributed by atoms with E-state index < -0.39 is 5.60 Å². The Morgan fingerprint density at radius 3 is 2.64 bits per heavy atom. The Balaban J connectivity index is 1.72. The van der Waals surface area contributed by atoms with Gasteiger partial charge in [-0.25, -0.2) is 4.79 Å². The number of halogens is 1. The molecule has 0 saturated carbocycles. The van der Waals surface area contributed by atoms with Gasteiger partial charge in [0.05, 0.1) is 34.2 Å². The SMILES string of the molecule is CCCCOc1c(Br)ccc2c1cnn2C1CCN(C(=O)OC(C)(C)C)CC1. The Morgan fingerprint density at radius 2 is 2.00 bits per heavy atom. The van der Waals surface area contributed by atoms with Gasteiger partial charge in [-0.15, -0.1) is 0 Å². The molecule has 7 heteroatoms. The number of fused-ring (bicyclic) bond motifs is 1. The van der Waals surface area contributed by atoms with Crippen LogP contribution in [0.3, 0.4) is 0 Å². The molecule has 1 saturated heterocycles. The van der Waals surface area contributed by atoms with Crippen LogP contribution in [0.1, 0.15) is 59.4 Å². The molecule has 0 atom stereocenters. The van der Waals surface area contributed by atoms with Gasteiger partial charge < -0.3 is 14.4 Å². The summed E-state index contributed by atoms with van der Waals surface area (Å²) in [6.07, 6.45) is 5.51. The minimum atomic E-state index is -0.465. The molecule has 1 fully saturated rings. The second kappa shape index (κ2) is 8.72. The topological polar surface area (TPSA) is 56.6 Å². The molecular formula is C21H30BrN3O3. The van der Waals surface area contributed by atoms with Gasteiger partial charge in [0.25, 0.3) is 0 Å². The number of hydrogen-bond acceptors (Lipinski definition) is 4. The monoisotopic (exact) mass is 451 g/mol. The average Bonchev–Trinajstić information content (AvgIpc) is 3.06. The molecular weight excluding hydrogens is 422 g/mol. The molecule has 1 aromatic heterocycles. The number of benzene rings is 1. The third-order valence-electron chi connectivity index (χ3n) is 4.89. The van der Waals surface area contributed by atoms with Crippen LogP contribution in [0.5, 0.6) is 5.75 Å². The Labute approximate surface area is 175 Å². The van der Waals surface area contributed by atoms with E-state index in [1.54, 1.807) is 4.90 Å². The number of nitrogens with zero attached hydrogens (tertiary/aromatic N) is 3. The van der Waals surface area contributed by atoms with Crippen molar-refractivity contribution in [1.29, 1.82) is 0 Å². The molecule has 28 heavy (non-hydrogen) atoms. The molecule has 6 nitrogen and oxygen atoms in total. The first-order valence-corrected chi connectivity index (χ1v) is 10.9. The van der Waals surface area contributed by atoms with Gasteiger partial charge >= 0.3 is 6.09 Å². The number of carbonyl (C=O) groups is 1. The molecule has 2 aromatic rings. The van der Waals surface area contributed by atoms with Crippen molar-refractivity contribution in [2.45, 2.75) is 65.0 Å². The molecule has 0 spiro atoms. The second-order valence-corrected chi connectivity index (χ2v) is 9.15. The lowest BCUT2D eigenvalue weighted by Gasteiger charge is -2.33. The maximum atomic E-state index is 12.3. The zero-order chi connectivity index (χ0) is 20.3. The number of rotatable bonds is 5. The van der Waals surface area contributed by atoms with Crippen LogP contribution in [0.25, 0.3) is 10.9 Å². The standard InChI is InChI=1S/C21H30BrN3O3/c1-5-6-13-27-19-16-14-23-25(18(16)8-7-17(19)22)15-9-11-24(12-10-15)20(26)28-21(2,3)4/h7-8,14-15H,5-6,9-13H2,1-4H3. The van der Waals surface area contributed by atoms with Gasteiger partial charge in [0.15, 0.2) is 0 Å².